The summed E-state index contributed by atoms with van der Waals surface area (Å²) in [5, 5.41) is 0.479. The Morgan fingerprint density at radius 3 is 2.84 bits per heavy atom. The molecule has 2 aromatic rings. The highest BCUT2D eigenvalue weighted by Gasteiger charge is 2.14. The van der Waals surface area contributed by atoms with Gasteiger partial charge in [-0.1, -0.05) is 23.9 Å². The third-order valence-electron chi connectivity index (χ3n) is 2.07. The number of fused-ring (bicyclic) bond motifs is 1. The van der Waals surface area contributed by atoms with Crippen molar-refractivity contribution in [2.45, 2.75) is 31.6 Å². The average Bonchev–Trinajstić information content (AvgIpc) is 2.75. The minimum absolute atomic E-state index is 0.197. The smallest absolute Gasteiger partial charge is 0.257 e. The maximum atomic E-state index is 11.6. The standard InChI is InChI=1S/C13H16N2O3S/c1-13(2,3)18-15-11(16)8-19-12-14-9-6-4-5-7-10(9)17-12/h4-7H,8H2,1-3H3,(H,15,16). The van der Waals surface area contributed by atoms with Crippen LogP contribution in [-0.4, -0.2) is 22.2 Å². The number of oxazole rings is 1. The molecule has 1 heterocycles. The summed E-state index contributed by atoms with van der Waals surface area (Å²) in [6, 6.07) is 7.48. The van der Waals surface area contributed by atoms with Crippen molar-refractivity contribution in [1.29, 1.82) is 0 Å². The van der Waals surface area contributed by atoms with Crippen molar-refractivity contribution in [2.75, 3.05) is 5.75 Å². The van der Waals surface area contributed by atoms with Crippen molar-refractivity contribution in [3.05, 3.63) is 24.3 Å². The molecule has 0 aliphatic rings. The number of hydrogen-bond donors (Lipinski definition) is 1. The van der Waals surface area contributed by atoms with Crippen LogP contribution in [0.15, 0.2) is 33.9 Å². The number of aromatic nitrogens is 1. The van der Waals surface area contributed by atoms with Gasteiger partial charge >= 0.3 is 0 Å². The minimum Gasteiger partial charge on any atom is -0.431 e. The van der Waals surface area contributed by atoms with E-state index in [1.807, 2.05) is 45.0 Å². The molecule has 0 aliphatic carbocycles. The Hall–Kier alpha value is -1.53. The van der Waals surface area contributed by atoms with Gasteiger partial charge < -0.3 is 4.42 Å². The number of rotatable bonds is 4. The molecule has 0 saturated carbocycles. The van der Waals surface area contributed by atoms with Crippen molar-refractivity contribution >= 4 is 28.8 Å². The highest BCUT2D eigenvalue weighted by atomic mass is 32.2. The molecule has 0 unspecified atom stereocenters. The van der Waals surface area contributed by atoms with Crippen LogP contribution in [0.1, 0.15) is 20.8 Å². The van der Waals surface area contributed by atoms with Crippen LogP contribution in [0.25, 0.3) is 11.1 Å². The van der Waals surface area contributed by atoms with E-state index in [4.69, 9.17) is 9.25 Å². The van der Waals surface area contributed by atoms with Gasteiger partial charge in [-0.3, -0.25) is 9.63 Å². The van der Waals surface area contributed by atoms with E-state index in [1.165, 1.54) is 11.8 Å². The van der Waals surface area contributed by atoms with E-state index in [2.05, 4.69) is 10.5 Å². The second-order valence-corrected chi connectivity index (χ2v) is 5.90. The van der Waals surface area contributed by atoms with Crippen molar-refractivity contribution in [1.82, 2.24) is 10.5 Å². The maximum Gasteiger partial charge on any atom is 0.257 e. The molecule has 1 aromatic carbocycles. The van der Waals surface area contributed by atoms with E-state index in [-0.39, 0.29) is 11.7 Å². The van der Waals surface area contributed by atoms with Crippen LogP contribution in [-0.2, 0) is 9.63 Å². The Labute approximate surface area is 115 Å². The molecule has 1 amide bonds. The van der Waals surface area contributed by atoms with Crippen molar-refractivity contribution in [3.63, 3.8) is 0 Å². The molecule has 0 bridgehead atoms. The highest BCUT2D eigenvalue weighted by molar-refractivity contribution is 7.99. The van der Waals surface area contributed by atoms with Crippen LogP contribution in [0.4, 0.5) is 0 Å². The van der Waals surface area contributed by atoms with Gasteiger partial charge in [0.2, 0.25) is 0 Å². The fraction of sp³-hybridized carbons (Fsp3) is 0.385. The van der Waals surface area contributed by atoms with E-state index in [1.54, 1.807) is 0 Å². The zero-order valence-corrected chi connectivity index (χ0v) is 11.9. The second-order valence-electron chi connectivity index (χ2n) is 4.98. The summed E-state index contributed by atoms with van der Waals surface area (Å²) in [6.07, 6.45) is 0. The first-order valence-corrected chi connectivity index (χ1v) is 6.88. The number of nitrogens with zero attached hydrogens (tertiary/aromatic N) is 1. The molecule has 1 N–H and O–H groups in total. The van der Waals surface area contributed by atoms with E-state index in [0.29, 0.717) is 5.22 Å². The van der Waals surface area contributed by atoms with Gasteiger partial charge in [0.1, 0.15) is 5.52 Å². The monoisotopic (exact) mass is 280 g/mol. The zero-order chi connectivity index (χ0) is 13.9. The third kappa shape index (κ3) is 4.25. The summed E-state index contributed by atoms with van der Waals surface area (Å²) < 4.78 is 5.49. The quantitative estimate of drug-likeness (QED) is 0.689. The van der Waals surface area contributed by atoms with E-state index in [9.17, 15) is 4.79 Å². The Kier molecular flexibility index (Phi) is 4.11. The van der Waals surface area contributed by atoms with Crippen LogP contribution < -0.4 is 5.48 Å². The molecule has 0 spiro atoms. The van der Waals surface area contributed by atoms with E-state index < -0.39 is 5.60 Å². The number of benzene rings is 1. The summed E-state index contributed by atoms with van der Waals surface area (Å²) in [6.45, 7) is 5.59. The third-order valence-corrected chi connectivity index (χ3v) is 2.90. The maximum absolute atomic E-state index is 11.6. The van der Waals surface area contributed by atoms with Crippen molar-refractivity contribution < 1.29 is 14.0 Å². The molecule has 102 valence electrons. The lowest BCUT2D eigenvalue weighted by Gasteiger charge is -2.18. The van der Waals surface area contributed by atoms with Gasteiger partial charge in [0.05, 0.1) is 11.4 Å². The Bertz CT molecular complexity index is 542. The van der Waals surface area contributed by atoms with E-state index in [0.717, 1.165) is 11.1 Å². The van der Waals surface area contributed by atoms with Crippen LogP contribution in [0, 0.1) is 0 Å². The lowest BCUT2D eigenvalue weighted by Crippen LogP contribution is -2.34. The highest BCUT2D eigenvalue weighted by Crippen LogP contribution is 2.22. The van der Waals surface area contributed by atoms with Crippen molar-refractivity contribution in [2.24, 2.45) is 0 Å². The normalized spacial score (nSPS) is 11.7. The lowest BCUT2D eigenvalue weighted by molar-refractivity contribution is -0.142. The number of para-hydroxylation sites is 2. The summed E-state index contributed by atoms with van der Waals surface area (Å²) >= 11 is 1.24. The topological polar surface area (TPSA) is 64.4 Å². The Morgan fingerprint density at radius 1 is 1.42 bits per heavy atom. The molecule has 0 atom stereocenters. The van der Waals surface area contributed by atoms with Gasteiger partial charge in [0.25, 0.3) is 11.1 Å². The molecule has 0 aliphatic heterocycles. The van der Waals surface area contributed by atoms with E-state index >= 15 is 0 Å². The van der Waals surface area contributed by atoms with Crippen molar-refractivity contribution in [3.8, 4) is 0 Å². The summed E-state index contributed by atoms with van der Waals surface area (Å²) in [5.41, 5.74) is 3.50. The molecular weight excluding hydrogens is 264 g/mol. The van der Waals surface area contributed by atoms with Crippen LogP contribution in [0.2, 0.25) is 0 Å². The number of amides is 1. The number of thioether (sulfide) groups is 1. The van der Waals surface area contributed by atoms with Gasteiger partial charge in [-0.05, 0) is 32.9 Å². The lowest BCUT2D eigenvalue weighted by atomic mass is 10.2. The Balaban J connectivity index is 1.86. The molecule has 19 heavy (non-hydrogen) atoms. The number of hydrogen-bond acceptors (Lipinski definition) is 5. The summed E-state index contributed by atoms with van der Waals surface area (Å²) in [4.78, 5) is 21.0. The largest absolute Gasteiger partial charge is 0.431 e. The Morgan fingerprint density at radius 2 is 2.16 bits per heavy atom. The fourth-order valence-electron chi connectivity index (χ4n) is 1.28. The molecule has 2 rings (SSSR count). The fourth-order valence-corrected chi connectivity index (χ4v) is 1.90. The summed E-state index contributed by atoms with van der Waals surface area (Å²) in [7, 11) is 0. The number of nitrogens with one attached hydrogen (secondary N) is 1. The molecule has 0 radical (unpaired) electrons. The zero-order valence-electron chi connectivity index (χ0n) is 11.1. The molecule has 0 saturated heterocycles. The molecule has 6 heteroatoms. The van der Waals surface area contributed by atoms with Gasteiger partial charge in [-0.15, -0.1) is 0 Å². The molecule has 5 nitrogen and oxygen atoms in total. The number of carbonyl (C=O) groups is 1. The second kappa shape index (κ2) is 5.63. The molecule has 1 aromatic heterocycles. The van der Waals surface area contributed by atoms with Gasteiger partial charge in [0, 0.05) is 0 Å². The van der Waals surface area contributed by atoms with Gasteiger partial charge in [0.15, 0.2) is 5.58 Å². The molecular formula is C13H16N2O3S. The predicted molar refractivity (Wildman–Crippen MR) is 73.7 cm³/mol. The van der Waals surface area contributed by atoms with Crippen LogP contribution in [0.3, 0.4) is 0 Å². The van der Waals surface area contributed by atoms with Crippen LogP contribution >= 0.6 is 11.8 Å². The number of hydroxylamine groups is 1. The average molecular weight is 280 g/mol. The summed E-state index contributed by atoms with van der Waals surface area (Å²) in [5.74, 6) is -0.0229. The van der Waals surface area contributed by atoms with Gasteiger partial charge in [-0.2, -0.15) is 0 Å². The van der Waals surface area contributed by atoms with Gasteiger partial charge in [-0.25, -0.2) is 10.5 Å². The first-order valence-electron chi connectivity index (χ1n) is 5.89. The number of carbonyl (C=O) groups excluding carboxylic acids is 1. The first kappa shape index (κ1) is 13.9. The predicted octanol–water partition coefficient (Wildman–Crippen LogP) is 2.77. The van der Waals surface area contributed by atoms with Crippen LogP contribution in [0.5, 0.6) is 0 Å². The minimum atomic E-state index is -0.405. The molecule has 0 fully saturated rings. The SMILES string of the molecule is CC(C)(C)ONC(=O)CSc1nc2ccccc2o1. The first-order chi connectivity index (χ1) is 8.94.